The van der Waals surface area contributed by atoms with Gasteiger partial charge in [-0.15, -0.1) is 0 Å². The van der Waals surface area contributed by atoms with Gasteiger partial charge >= 0.3 is 0 Å². The summed E-state index contributed by atoms with van der Waals surface area (Å²) >= 11 is 3.49. The molecular formula is C23H21BrN2O4. The molecule has 0 aromatic heterocycles. The summed E-state index contributed by atoms with van der Waals surface area (Å²) in [6.45, 7) is -0.150. The summed E-state index contributed by atoms with van der Waals surface area (Å²) in [5.74, 6) is 1.45. The lowest BCUT2D eigenvalue weighted by atomic mass is 10.2. The Morgan fingerprint density at radius 2 is 1.77 bits per heavy atom. The topological polar surface area (TPSA) is 69.2 Å². The Kier molecular flexibility index (Phi) is 7.45. The van der Waals surface area contributed by atoms with Crippen molar-refractivity contribution in [3.05, 3.63) is 76.8 Å². The van der Waals surface area contributed by atoms with E-state index < -0.39 is 0 Å². The number of anilines is 1. The summed E-state index contributed by atoms with van der Waals surface area (Å²) < 4.78 is 16.9. The summed E-state index contributed by atoms with van der Waals surface area (Å²) in [7, 11) is 3.17. The molecule has 0 bridgehead atoms. The lowest BCUT2D eigenvalue weighted by Gasteiger charge is -2.13. The number of nitrogens with zero attached hydrogens (tertiary/aromatic N) is 1. The first-order valence-corrected chi connectivity index (χ1v) is 9.91. The van der Waals surface area contributed by atoms with E-state index in [1.54, 1.807) is 26.5 Å². The highest BCUT2D eigenvalue weighted by Crippen LogP contribution is 2.36. The fourth-order valence-electron chi connectivity index (χ4n) is 2.63. The molecule has 3 aromatic carbocycles. The number of ether oxygens (including phenoxy) is 3. The first-order valence-electron chi connectivity index (χ1n) is 9.12. The number of methoxy groups -OCH3 is 2. The number of hydrogen-bond donors (Lipinski definition) is 1. The molecule has 6 nitrogen and oxygen atoms in total. The third-order valence-electron chi connectivity index (χ3n) is 4.09. The number of nitrogens with one attached hydrogen (secondary N) is 1. The number of carbonyl (C=O) groups is 1. The fraction of sp³-hybridized carbons (Fsp3) is 0.130. The van der Waals surface area contributed by atoms with Gasteiger partial charge in [0.1, 0.15) is 5.75 Å². The van der Waals surface area contributed by atoms with Crippen LogP contribution < -0.4 is 19.5 Å². The van der Waals surface area contributed by atoms with Gasteiger partial charge in [-0.25, -0.2) is 0 Å². The number of carbonyl (C=O) groups excluding carboxylic acids is 1. The lowest BCUT2D eigenvalue weighted by molar-refractivity contribution is -0.118. The van der Waals surface area contributed by atoms with Crippen molar-refractivity contribution in [1.29, 1.82) is 0 Å². The highest BCUT2D eigenvalue weighted by Gasteiger charge is 2.13. The minimum Gasteiger partial charge on any atom is -0.497 e. The van der Waals surface area contributed by atoms with E-state index in [2.05, 4.69) is 26.2 Å². The van der Waals surface area contributed by atoms with Crippen LogP contribution in [0.4, 0.5) is 11.4 Å². The molecular weight excluding hydrogens is 448 g/mol. The van der Waals surface area contributed by atoms with E-state index >= 15 is 0 Å². The maximum absolute atomic E-state index is 12.1. The second-order valence-electron chi connectivity index (χ2n) is 6.19. The maximum Gasteiger partial charge on any atom is 0.262 e. The molecule has 0 spiro atoms. The van der Waals surface area contributed by atoms with Crippen molar-refractivity contribution in [3.63, 3.8) is 0 Å². The third kappa shape index (κ3) is 5.84. The average molecular weight is 469 g/mol. The molecule has 0 aliphatic carbocycles. The first kappa shape index (κ1) is 21.4. The average Bonchev–Trinajstić information content (AvgIpc) is 2.77. The number of aliphatic imine (C=N–C) groups is 1. The van der Waals surface area contributed by atoms with E-state index in [1.165, 1.54) is 0 Å². The van der Waals surface area contributed by atoms with Crippen LogP contribution in [0, 0.1) is 0 Å². The van der Waals surface area contributed by atoms with Crippen molar-refractivity contribution < 1.29 is 19.0 Å². The van der Waals surface area contributed by atoms with Gasteiger partial charge in [-0.3, -0.25) is 9.79 Å². The third-order valence-corrected chi connectivity index (χ3v) is 4.68. The van der Waals surface area contributed by atoms with Crippen LogP contribution in [-0.4, -0.2) is 32.9 Å². The van der Waals surface area contributed by atoms with Crippen molar-refractivity contribution in [1.82, 2.24) is 0 Å². The van der Waals surface area contributed by atoms with Crippen LogP contribution in [0.3, 0.4) is 0 Å². The van der Waals surface area contributed by atoms with Gasteiger partial charge in [0.05, 0.1) is 24.4 Å². The quantitative estimate of drug-likeness (QED) is 0.459. The summed E-state index contributed by atoms with van der Waals surface area (Å²) in [5.41, 5.74) is 2.32. The second kappa shape index (κ2) is 10.5. The highest BCUT2D eigenvalue weighted by atomic mass is 79.9. The van der Waals surface area contributed by atoms with E-state index in [-0.39, 0.29) is 12.5 Å². The number of benzene rings is 3. The standard InChI is InChI=1S/C23H21BrN2O4/c1-28-19-10-8-17(9-11-19)25-14-16-12-20(24)23(21(13-16)29-2)30-15-22(27)26-18-6-4-3-5-7-18/h3-14H,15H2,1-2H3,(H,26,27). The molecule has 1 N–H and O–H groups in total. The van der Waals surface area contributed by atoms with Crippen LogP contribution >= 0.6 is 15.9 Å². The van der Waals surface area contributed by atoms with Crippen LogP contribution in [-0.2, 0) is 4.79 Å². The fourth-order valence-corrected chi connectivity index (χ4v) is 3.20. The number of halogens is 1. The zero-order chi connectivity index (χ0) is 21.3. The first-order chi connectivity index (χ1) is 14.6. The number of amides is 1. The van der Waals surface area contributed by atoms with Crippen LogP contribution in [0.2, 0.25) is 0 Å². The van der Waals surface area contributed by atoms with Crippen molar-refractivity contribution in [2.75, 3.05) is 26.1 Å². The molecule has 0 aliphatic rings. The molecule has 3 aromatic rings. The molecule has 0 unspecified atom stereocenters. The number of para-hydroxylation sites is 1. The summed E-state index contributed by atoms with van der Waals surface area (Å²) in [5, 5.41) is 2.78. The Balaban J connectivity index is 1.68. The smallest absolute Gasteiger partial charge is 0.262 e. The Bertz CT molecular complexity index is 1020. The molecule has 0 fully saturated rings. The molecule has 0 saturated carbocycles. The molecule has 7 heteroatoms. The van der Waals surface area contributed by atoms with Gasteiger partial charge in [-0.05, 0) is 70.0 Å². The second-order valence-corrected chi connectivity index (χ2v) is 7.05. The maximum atomic E-state index is 12.1. The van der Waals surface area contributed by atoms with Gasteiger partial charge in [0.15, 0.2) is 18.1 Å². The highest BCUT2D eigenvalue weighted by molar-refractivity contribution is 9.10. The van der Waals surface area contributed by atoms with Crippen LogP contribution in [0.1, 0.15) is 5.56 Å². The molecule has 0 heterocycles. The van der Waals surface area contributed by atoms with Crippen molar-refractivity contribution >= 4 is 39.4 Å². The van der Waals surface area contributed by atoms with Gasteiger partial charge in [0.2, 0.25) is 0 Å². The van der Waals surface area contributed by atoms with Gasteiger partial charge in [0, 0.05) is 11.9 Å². The zero-order valence-corrected chi connectivity index (χ0v) is 18.2. The van der Waals surface area contributed by atoms with Gasteiger partial charge in [0.25, 0.3) is 5.91 Å². The Morgan fingerprint density at radius 3 is 2.43 bits per heavy atom. The van der Waals surface area contributed by atoms with Gasteiger partial charge in [-0.2, -0.15) is 0 Å². The van der Waals surface area contributed by atoms with E-state index in [0.29, 0.717) is 21.7 Å². The van der Waals surface area contributed by atoms with Crippen LogP contribution in [0.15, 0.2) is 76.2 Å². The molecule has 0 aliphatic heterocycles. The molecule has 30 heavy (non-hydrogen) atoms. The molecule has 3 rings (SSSR count). The van der Waals surface area contributed by atoms with E-state index in [4.69, 9.17) is 14.2 Å². The SMILES string of the molecule is COc1ccc(N=Cc2cc(Br)c(OCC(=O)Nc3ccccc3)c(OC)c2)cc1. The Hall–Kier alpha value is -3.32. The normalized spacial score (nSPS) is 10.6. The van der Waals surface area contributed by atoms with Crippen molar-refractivity contribution in [3.8, 4) is 17.2 Å². The summed E-state index contributed by atoms with van der Waals surface area (Å²) in [6.07, 6.45) is 1.72. The van der Waals surface area contributed by atoms with E-state index in [0.717, 1.165) is 17.0 Å². The predicted octanol–water partition coefficient (Wildman–Crippen LogP) is 5.23. The predicted molar refractivity (Wildman–Crippen MR) is 122 cm³/mol. The van der Waals surface area contributed by atoms with Crippen molar-refractivity contribution in [2.24, 2.45) is 4.99 Å². The minimum atomic E-state index is -0.264. The summed E-state index contributed by atoms with van der Waals surface area (Å²) in [6, 6.07) is 20.3. The molecule has 0 radical (unpaired) electrons. The summed E-state index contributed by atoms with van der Waals surface area (Å²) in [4.78, 5) is 16.6. The monoisotopic (exact) mass is 468 g/mol. The largest absolute Gasteiger partial charge is 0.497 e. The number of rotatable bonds is 8. The van der Waals surface area contributed by atoms with E-state index in [9.17, 15) is 4.79 Å². The molecule has 0 atom stereocenters. The lowest BCUT2D eigenvalue weighted by Crippen LogP contribution is -2.20. The van der Waals surface area contributed by atoms with Crippen molar-refractivity contribution in [2.45, 2.75) is 0 Å². The Morgan fingerprint density at radius 1 is 1.03 bits per heavy atom. The zero-order valence-electron chi connectivity index (χ0n) is 16.6. The van der Waals surface area contributed by atoms with Crippen LogP contribution in [0.5, 0.6) is 17.2 Å². The molecule has 154 valence electrons. The number of hydrogen-bond acceptors (Lipinski definition) is 5. The molecule has 1 amide bonds. The van der Waals surface area contributed by atoms with Gasteiger partial charge in [-0.1, -0.05) is 18.2 Å². The minimum absolute atomic E-state index is 0.150. The van der Waals surface area contributed by atoms with Crippen LogP contribution in [0.25, 0.3) is 0 Å². The van der Waals surface area contributed by atoms with Gasteiger partial charge < -0.3 is 19.5 Å². The Labute approximate surface area is 183 Å². The van der Waals surface area contributed by atoms with E-state index in [1.807, 2.05) is 60.7 Å². The molecule has 0 saturated heterocycles.